The summed E-state index contributed by atoms with van der Waals surface area (Å²) < 4.78 is 5.89. The summed E-state index contributed by atoms with van der Waals surface area (Å²) in [5, 5.41) is 0. The van der Waals surface area contributed by atoms with E-state index in [4.69, 9.17) is 10.5 Å². The van der Waals surface area contributed by atoms with Crippen molar-refractivity contribution in [3.8, 4) is 5.75 Å². The molecule has 0 bridgehead atoms. The number of ether oxygens (including phenoxy) is 1. The molecule has 118 valence electrons. The monoisotopic (exact) mass is 291 g/mol. The van der Waals surface area contributed by atoms with Crippen LogP contribution in [0.3, 0.4) is 0 Å². The van der Waals surface area contributed by atoms with Crippen LogP contribution in [0.5, 0.6) is 5.75 Å². The number of hydrogen-bond donors (Lipinski definition) is 1. The van der Waals surface area contributed by atoms with Crippen molar-refractivity contribution in [2.24, 2.45) is 5.73 Å². The quantitative estimate of drug-likeness (QED) is 0.833. The summed E-state index contributed by atoms with van der Waals surface area (Å²) in [5.74, 6) is 0.929. The Labute approximate surface area is 128 Å². The first-order chi connectivity index (χ1) is 10.2. The molecule has 0 amide bonds. The molecule has 1 aromatic carbocycles. The standard InChI is InChI=1S/C17H29N3O/c1-3-15(2)20-10-8-19(9-11-20)12-13-21-17-7-5-4-6-16(17)14-18/h4-7,15H,3,8-14,18H2,1-2H3. The molecule has 0 radical (unpaired) electrons. The second kappa shape index (κ2) is 8.37. The second-order valence-corrected chi connectivity index (χ2v) is 5.80. The SMILES string of the molecule is CCC(C)N1CCN(CCOc2ccccc2CN)CC1. The van der Waals surface area contributed by atoms with Crippen LogP contribution in [-0.4, -0.2) is 55.2 Å². The molecule has 0 aromatic heterocycles. The third kappa shape index (κ3) is 4.70. The lowest BCUT2D eigenvalue weighted by Crippen LogP contribution is -2.50. The van der Waals surface area contributed by atoms with Gasteiger partial charge in [-0.15, -0.1) is 0 Å². The van der Waals surface area contributed by atoms with Gasteiger partial charge in [0.05, 0.1) is 0 Å². The van der Waals surface area contributed by atoms with Gasteiger partial charge in [-0.05, 0) is 19.4 Å². The number of nitrogens with zero attached hydrogens (tertiary/aromatic N) is 2. The van der Waals surface area contributed by atoms with Crippen molar-refractivity contribution >= 4 is 0 Å². The zero-order valence-corrected chi connectivity index (χ0v) is 13.4. The average molecular weight is 291 g/mol. The molecule has 1 saturated heterocycles. The lowest BCUT2D eigenvalue weighted by Gasteiger charge is -2.37. The van der Waals surface area contributed by atoms with Crippen LogP contribution in [0.2, 0.25) is 0 Å². The Kier molecular flexibility index (Phi) is 6.49. The Morgan fingerprint density at radius 1 is 1.19 bits per heavy atom. The maximum atomic E-state index is 5.89. The number of hydrogen-bond acceptors (Lipinski definition) is 4. The fourth-order valence-electron chi connectivity index (χ4n) is 2.78. The zero-order valence-electron chi connectivity index (χ0n) is 13.4. The molecule has 1 fully saturated rings. The van der Waals surface area contributed by atoms with E-state index in [9.17, 15) is 0 Å². The first kappa shape index (κ1) is 16.3. The molecule has 1 aliphatic rings. The molecule has 21 heavy (non-hydrogen) atoms. The molecule has 2 N–H and O–H groups in total. The largest absolute Gasteiger partial charge is 0.492 e. The topological polar surface area (TPSA) is 41.7 Å². The third-order valence-corrected chi connectivity index (χ3v) is 4.48. The van der Waals surface area contributed by atoms with E-state index < -0.39 is 0 Å². The third-order valence-electron chi connectivity index (χ3n) is 4.48. The van der Waals surface area contributed by atoms with Crippen LogP contribution in [0.1, 0.15) is 25.8 Å². The summed E-state index contributed by atoms with van der Waals surface area (Å²) in [7, 11) is 0. The maximum absolute atomic E-state index is 5.89. The van der Waals surface area contributed by atoms with Crippen LogP contribution < -0.4 is 10.5 Å². The van der Waals surface area contributed by atoms with E-state index in [2.05, 4.69) is 23.6 Å². The van der Waals surface area contributed by atoms with Crippen molar-refractivity contribution in [2.75, 3.05) is 39.3 Å². The van der Waals surface area contributed by atoms with Crippen molar-refractivity contribution in [2.45, 2.75) is 32.9 Å². The lowest BCUT2D eigenvalue weighted by atomic mass is 10.2. The minimum Gasteiger partial charge on any atom is -0.492 e. The van der Waals surface area contributed by atoms with E-state index in [1.807, 2.05) is 24.3 Å². The lowest BCUT2D eigenvalue weighted by molar-refractivity contribution is 0.0904. The highest BCUT2D eigenvalue weighted by molar-refractivity contribution is 5.32. The summed E-state index contributed by atoms with van der Waals surface area (Å²) in [6, 6.07) is 8.74. The number of rotatable bonds is 7. The summed E-state index contributed by atoms with van der Waals surface area (Å²) >= 11 is 0. The molecule has 2 rings (SSSR count). The normalized spacial score (nSPS) is 18.6. The van der Waals surface area contributed by atoms with Crippen LogP contribution in [0.15, 0.2) is 24.3 Å². The molecule has 0 saturated carbocycles. The molecular formula is C17H29N3O. The van der Waals surface area contributed by atoms with E-state index in [0.717, 1.165) is 37.6 Å². The summed E-state index contributed by atoms with van der Waals surface area (Å²) in [4.78, 5) is 5.07. The predicted octanol–water partition coefficient (Wildman–Crippen LogP) is 1.94. The van der Waals surface area contributed by atoms with Crippen LogP contribution in [0, 0.1) is 0 Å². The number of piperazine rings is 1. The molecule has 0 aliphatic carbocycles. The minimum atomic E-state index is 0.532. The van der Waals surface area contributed by atoms with Gasteiger partial charge in [-0.3, -0.25) is 9.80 Å². The molecular weight excluding hydrogens is 262 g/mol. The Morgan fingerprint density at radius 3 is 2.57 bits per heavy atom. The number of para-hydroxylation sites is 1. The highest BCUT2D eigenvalue weighted by Crippen LogP contribution is 2.17. The summed E-state index contributed by atoms with van der Waals surface area (Å²) in [6.45, 7) is 11.5. The maximum Gasteiger partial charge on any atom is 0.123 e. The molecule has 0 spiro atoms. The average Bonchev–Trinajstić information content (AvgIpc) is 2.55. The van der Waals surface area contributed by atoms with Crippen LogP contribution in [0.4, 0.5) is 0 Å². The van der Waals surface area contributed by atoms with Crippen molar-refractivity contribution in [3.05, 3.63) is 29.8 Å². The van der Waals surface area contributed by atoms with E-state index in [1.54, 1.807) is 0 Å². The van der Waals surface area contributed by atoms with Gasteiger partial charge in [-0.25, -0.2) is 0 Å². The molecule has 1 heterocycles. The van der Waals surface area contributed by atoms with E-state index in [0.29, 0.717) is 12.6 Å². The molecule has 1 aliphatic heterocycles. The Morgan fingerprint density at radius 2 is 1.90 bits per heavy atom. The van der Waals surface area contributed by atoms with Gasteiger partial charge >= 0.3 is 0 Å². The molecule has 4 heteroatoms. The van der Waals surface area contributed by atoms with E-state index in [1.165, 1.54) is 19.5 Å². The molecule has 1 unspecified atom stereocenters. The molecule has 1 atom stereocenters. The van der Waals surface area contributed by atoms with E-state index >= 15 is 0 Å². The summed E-state index contributed by atoms with van der Waals surface area (Å²) in [5.41, 5.74) is 6.81. The molecule has 1 aromatic rings. The Bertz CT molecular complexity index is 416. The highest BCUT2D eigenvalue weighted by atomic mass is 16.5. The van der Waals surface area contributed by atoms with Gasteiger partial charge < -0.3 is 10.5 Å². The van der Waals surface area contributed by atoms with Gasteiger partial charge in [0.15, 0.2) is 0 Å². The van der Waals surface area contributed by atoms with Gasteiger partial charge in [0.2, 0.25) is 0 Å². The Balaban J connectivity index is 1.70. The van der Waals surface area contributed by atoms with Gasteiger partial charge in [-0.1, -0.05) is 25.1 Å². The van der Waals surface area contributed by atoms with Gasteiger partial charge in [0.25, 0.3) is 0 Å². The summed E-state index contributed by atoms with van der Waals surface area (Å²) in [6.07, 6.45) is 1.24. The first-order valence-corrected chi connectivity index (χ1v) is 8.11. The van der Waals surface area contributed by atoms with Crippen molar-refractivity contribution in [3.63, 3.8) is 0 Å². The van der Waals surface area contributed by atoms with Crippen molar-refractivity contribution < 1.29 is 4.74 Å². The smallest absolute Gasteiger partial charge is 0.123 e. The van der Waals surface area contributed by atoms with Gasteiger partial charge in [0, 0.05) is 50.9 Å². The fourth-order valence-corrected chi connectivity index (χ4v) is 2.78. The molecule has 4 nitrogen and oxygen atoms in total. The van der Waals surface area contributed by atoms with Gasteiger partial charge in [-0.2, -0.15) is 0 Å². The predicted molar refractivity (Wildman–Crippen MR) is 87.6 cm³/mol. The van der Waals surface area contributed by atoms with Crippen molar-refractivity contribution in [1.29, 1.82) is 0 Å². The van der Waals surface area contributed by atoms with Gasteiger partial charge in [0.1, 0.15) is 12.4 Å². The fraction of sp³-hybridized carbons (Fsp3) is 0.647. The van der Waals surface area contributed by atoms with Crippen molar-refractivity contribution in [1.82, 2.24) is 9.80 Å². The van der Waals surface area contributed by atoms with E-state index in [-0.39, 0.29) is 0 Å². The van der Waals surface area contributed by atoms with Crippen LogP contribution in [0.25, 0.3) is 0 Å². The first-order valence-electron chi connectivity index (χ1n) is 8.11. The Hall–Kier alpha value is -1.10. The number of benzene rings is 1. The van der Waals surface area contributed by atoms with Crippen LogP contribution in [-0.2, 0) is 6.54 Å². The highest BCUT2D eigenvalue weighted by Gasteiger charge is 2.19. The second-order valence-electron chi connectivity index (χ2n) is 5.80. The van der Waals surface area contributed by atoms with Crippen LogP contribution >= 0.6 is 0 Å². The zero-order chi connectivity index (χ0) is 15.1. The number of nitrogens with two attached hydrogens (primary N) is 1. The minimum absolute atomic E-state index is 0.532.